The number of imide groups is 1. The molecule has 1 N–H and O–H groups in total. The zero-order chi connectivity index (χ0) is 27.7. The van der Waals surface area contributed by atoms with Gasteiger partial charge in [0.2, 0.25) is 0 Å². The van der Waals surface area contributed by atoms with Crippen LogP contribution in [0.5, 0.6) is 0 Å². The van der Waals surface area contributed by atoms with Gasteiger partial charge in [-0.15, -0.1) is 0 Å². The molecule has 1 atom stereocenters. The number of nitrogens with zero attached hydrogens (tertiary/aromatic N) is 1. The van der Waals surface area contributed by atoms with Crippen molar-refractivity contribution in [1.29, 1.82) is 0 Å². The SMILES string of the molecule is O=C(COC(=O)C(Cc1ccccc1)N1C(=O)c2c(Cl)c(Cl)c(Cl)c(Cl)c2C1=O)Nc1ccc(Cl)c(Cl)c1. The third kappa shape index (κ3) is 5.59. The van der Waals surface area contributed by atoms with Gasteiger partial charge in [-0.25, -0.2) is 4.79 Å². The van der Waals surface area contributed by atoms with Crippen molar-refractivity contribution in [3.63, 3.8) is 0 Å². The number of amides is 3. The topological polar surface area (TPSA) is 92.8 Å². The molecule has 1 heterocycles. The van der Waals surface area contributed by atoms with E-state index in [2.05, 4.69) is 5.32 Å². The predicted octanol–water partition coefficient (Wildman–Crippen LogP) is 7.00. The second-order valence-corrected chi connectivity index (χ2v) is 10.3. The van der Waals surface area contributed by atoms with Gasteiger partial charge in [0.1, 0.15) is 6.04 Å². The third-order valence-electron chi connectivity index (χ3n) is 5.54. The number of benzene rings is 3. The summed E-state index contributed by atoms with van der Waals surface area (Å²) in [7, 11) is 0. The molecule has 0 saturated heterocycles. The largest absolute Gasteiger partial charge is 0.454 e. The number of carbonyl (C=O) groups is 4. The summed E-state index contributed by atoms with van der Waals surface area (Å²) in [4.78, 5) is 53.1. The number of nitrogens with one attached hydrogen (secondary N) is 1. The molecule has 0 radical (unpaired) electrons. The lowest BCUT2D eigenvalue weighted by atomic mass is 10.0. The summed E-state index contributed by atoms with van der Waals surface area (Å²) in [6.07, 6.45) is -0.115. The number of esters is 1. The molecule has 4 rings (SSSR count). The van der Waals surface area contributed by atoms with Crippen LogP contribution in [0.3, 0.4) is 0 Å². The predicted molar refractivity (Wildman–Crippen MR) is 147 cm³/mol. The average Bonchev–Trinajstić information content (AvgIpc) is 3.15. The van der Waals surface area contributed by atoms with Crippen molar-refractivity contribution in [1.82, 2.24) is 4.90 Å². The summed E-state index contributed by atoms with van der Waals surface area (Å²) < 4.78 is 5.21. The molecule has 1 aliphatic heterocycles. The summed E-state index contributed by atoms with van der Waals surface area (Å²) in [5.74, 6) is -3.53. The summed E-state index contributed by atoms with van der Waals surface area (Å²) in [6.45, 7) is -0.716. The molecule has 0 fully saturated rings. The first kappa shape index (κ1) is 28.5. The highest BCUT2D eigenvalue weighted by atomic mass is 35.5. The van der Waals surface area contributed by atoms with E-state index in [0.717, 1.165) is 0 Å². The molecule has 3 aromatic rings. The molecule has 0 spiro atoms. The number of hydrogen-bond donors (Lipinski definition) is 1. The van der Waals surface area contributed by atoms with E-state index in [-0.39, 0.29) is 42.7 Å². The van der Waals surface area contributed by atoms with Crippen LogP contribution in [0.2, 0.25) is 30.1 Å². The first-order chi connectivity index (χ1) is 18.0. The molecule has 38 heavy (non-hydrogen) atoms. The van der Waals surface area contributed by atoms with Gasteiger partial charge in [-0.1, -0.05) is 99.9 Å². The third-order valence-corrected chi connectivity index (χ3v) is 8.08. The second kappa shape index (κ2) is 11.7. The minimum absolute atomic E-state index is 0.115. The number of ether oxygens (including phenoxy) is 1. The number of hydrogen-bond acceptors (Lipinski definition) is 5. The van der Waals surface area contributed by atoms with Gasteiger partial charge in [-0.05, 0) is 23.8 Å². The van der Waals surface area contributed by atoms with Gasteiger partial charge >= 0.3 is 5.97 Å². The molecule has 1 aliphatic rings. The van der Waals surface area contributed by atoms with E-state index in [1.807, 2.05) is 0 Å². The van der Waals surface area contributed by atoms with Crippen LogP contribution >= 0.6 is 69.6 Å². The number of fused-ring (bicyclic) bond motifs is 1. The molecule has 0 saturated carbocycles. The molecule has 1 unspecified atom stereocenters. The highest BCUT2D eigenvalue weighted by Crippen LogP contribution is 2.45. The highest BCUT2D eigenvalue weighted by molar-refractivity contribution is 6.55. The van der Waals surface area contributed by atoms with E-state index in [9.17, 15) is 19.2 Å². The fourth-order valence-corrected chi connectivity index (χ4v) is 5.08. The summed E-state index contributed by atoms with van der Waals surface area (Å²) in [5, 5.41) is 2.06. The standard InChI is InChI=1S/C25H14Cl6N2O5/c26-13-7-6-12(9-14(13)27)32-16(34)10-38-25(37)15(8-11-4-2-1-3-5-11)33-23(35)17-18(24(33)36)20(29)22(31)21(30)19(17)28/h1-7,9,15H,8,10H2,(H,32,34). The van der Waals surface area contributed by atoms with Crippen molar-refractivity contribution < 1.29 is 23.9 Å². The van der Waals surface area contributed by atoms with E-state index in [1.54, 1.807) is 30.3 Å². The minimum Gasteiger partial charge on any atom is -0.454 e. The van der Waals surface area contributed by atoms with E-state index >= 15 is 0 Å². The van der Waals surface area contributed by atoms with Crippen LogP contribution in [-0.4, -0.2) is 41.2 Å². The van der Waals surface area contributed by atoms with Gasteiger partial charge in [0.15, 0.2) is 6.61 Å². The summed E-state index contributed by atoms with van der Waals surface area (Å²) in [6, 6.07) is 11.5. The first-order valence-corrected chi connectivity index (χ1v) is 13.0. The average molecular weight is 635 g/mol. The Morgan fingerprint density at radius 2 is 1.37 bits per heavy atom. The molecule has 0 aromatic heterocycles. The Morgan fingerprint density at radius 1 is 0.789 bits per heavy atom. The minimum atomic E-state index is -1.47. The number of halogens is 6. The molecule has 7 nitrogen and oxygen atoms in total. The number of rotatable bonds is 7. The van der Waals surface area contributed by atoms with Crippen molar-refractivity contribution in [2.24, 2.45) is 0 Å². The lowest BCUT2D eigenvalue weighted by Gasteiger charge is -2.24. The van der Waals surface area contributed by atoms with Gasteiger partial charge < -0.3 is 10.1 Å². The Balaban J connectivity index is 1.60. The van der Waals surface area contributed by atoms with Gasteiger partial charge in [-0.3, -0.25) is 19.3 Å². The van der Waals surface area contributed by atoms with E-state index in [1.165, 1.54) is 18.2 Å². The fraction of sp³-hybridized carbons (Fsp3) is 0.120. The van der Waals surface area contributed by atoms with Crippen LogP contribution in [0.25, 0.3) is 0 Å². The monoisotopic (exact) mass is 632 g/mol. The van der Waals surface area contributed by atoms with Gasteiger partial charge in [0.05, 0.1) is 41.3 Å². The number of carbonyl (C=O) groups excluding carboxylic acids is 4. The Hall–Kier alpha value is -2.52. The van der Waals surface area contributed by atoms with Crippen LogP contribution in [0, 0.1) is 0 Å². The molecule has 3 aromatic carbocycles. The zero-order valence-electron chi connectivity index (χ0n) is 18.9. The smallest absolute Gasteiger partial charge is 0.330 e. The van der Waals surface area contributed by atoms with E-state index in [0.29, 0.717) is 21.2 Å². The number of anilines is 1. The Bertz CT molecular complexity index is 1430. The van der Waals surface area contributed by atoms with Crippen molar-refractivity contribution >= 4 is 99.0 Å². The molecule has 3 amide bonds. The maximum Gasteiger partial charge on any atom is 0.330 e. The normalized spacial score (nSPS) is 13.4. The molecule has 196 valence electrons. The van der Waals surface area contributed by atoms with Gasteiger partial charge in [0.25, 0.3) is 17.7 Å². The highest BCUT2D eigenvalue weighted by Gasteiger charge is 2.47. The molecular formula is C25H14Cl6N2O5. The lowest BCUT2D eigenvalue weighted by Crippen LogP contribution is -2.47. The Kier molecular flexibility index (Phi) is 8.77. The fourth-order valence-electron chi connectivity index (χ4n) is 3.77. The van der Waals surface area contributed by atoms with E-state index in [4.69, 9.17) is 74.3 Å². The van der Waals surface area contributed by atoms with Crippen molar-refractivity contribution in [2.45, 2.75) is 12.5 Å². The van der Waals surface area contributed by atoms with Crippen LogP contribution in [0.15, 0.2) is 48.5 Å². The van der Waals surface area contributed by atoms with Crippen molar-refractivity contribution in [2.75, 3.05) is 11.9 Å². The molecule has 0 aliphatic carbocycles. The van der Waals surface area contributed by atoms with Crippen molar-refractivity contribution in [3.05, 3.63) is 95.4 Å². The lowest BCUT2D eigenvalue weighted by molar-refractivity contribution is -0.151. The van der Waals surface area contributed by atoms with Gasteiger partial charge in [-0.2, -0.15) is 0 Å². The van der Waals surface area contributed by atoms with Crippen LogP contribution in [-0.2, 0) is 20.7 Å². The van der Waals surface area contributed by atoms with Gasteiger partial charge in [0, 0.05) is 12.1 Å². The Morgan fingerprint density at radius 3 is 1.92 bits per heavy atom. The van der Waals surface area contributed by atoms with Crippen LogP contribution in [0.1, 0.15) is 26.3 Å². The van der Waals surface area contributed by atoms with Crippen LogP contribution < -0.4 is 5.32 Å². The second-order valence-electron chi connectivity index (χ2n) is 7.98. The maximum atomic E-state index is 13.4. The zero-order valence-corrected chi connectivity index (χ0v) is 23.4. The van der Waals surface area contributed by atoms with Crippen LogP contribution in [0.4, 0.5) is 5.69 Å². The van der Waals surface area contributed by atoms with E-state index < -0.39 is 36.3 Å². The summed E-state index contributed by atoms with van der Waals surface area (Å²) in [5.41, 5.74) is 0.373. The molecule has 13 heteroatoms. The van der Waals surface area contributed by atoms with Crippen molar-refractivity contribution in [3.8, 4) is 0 Å². The molecular weight excluding hydrogens is 621 g/mol. The molecule has 0 bridgehead atoms. The first-order valence-electron chi connectivity index (χ1n) is 10.7. The quantitative estimate of drug-likeness (QED) is 0.131. The summed E-state index contributed by atoms with van der Waals surface area (Å²) >= 11 is 36.4. The Labute approximate surface area is 246 Å². The maximum absolute atomic E-state index is 13.4.